The zero-order valence-corrected chi connectivity index (χ0v) is 15.6. The number of hydrogen-bond acceptors (Lipinski definition) is 4. The molecule has 138 valence electrons. The largest absolute Gasteiger partial charge is 0.452 e. The van der Waals surface area contributed by atoms with Crippen molar-refractivity contribution in [3.05, 3.63) is 52.3 Å². The lowest BCUT2D eigenvalue weighted by Gasteiger charge is -2.12. The summed E-state index contributed by atoms with van der Waals surface area (Å²) < 4.78 is 6.68. The minimum atomic E-state index is -0.638. The number of nitrogens with one attached hydrogen (secondary N) is 1. The molecule has 1 heterocycles. The lowest BCUT2D eigenvalue weighted by Crippen LogP contribution is -2.37. The standard InChI is InChI=1S/C19H22ClN3O3/c1-12(15-8-9-15)21-16(24)11-26-19(25)17-13(2)22-23(18(17)20)10-14-6-4-3-5-7-14/h3-7,12,15H,8-11H2,1-2H3,(H,21,24)/t12-/m0/s1. The number of carbonyl (C=O) groups is 2. The Balaban J connectivity index is 1.61. The zero-order valence-electron chi connectivity index (χ0n) is 14.9. The molecule has 0 radical (unpaired) electrons. The summed E-state index contributed by atoms with van der Waals surface area (Å²) in [6, 6.07) is 9.80. The van der Waals surface area contributed by atoms with Gasteiger partial charge >= 0.3 is 5.97 Å². The van der Waals surface area contributed by atoms with Gasteiger partial charge in [-0.1, -0.05) is 41.9 Å². The summed E-state index contributed by atoms with van der Waals surface area (Å²) in [6.45, 7) is 3.79. The molecule has 1 atom stereocenters. The number of esters is 1. The third-order valence-electron chi connectivity index (χ3n) is 4.50. The fourth-order valence-corrected chi connectivity index (χ4v) is 3.17. The quantitative estimate of drug-likeness (QED) is 0.755. The van der Waals surface area contributed by atoms with E-state index < -0.39 is 5.97 Å². The number of aromatic nitrogens is 2. The lowest BCUT2D eigenvalue weighted by molar-refractivity contribution is -0.124. The number of halogens is 1. The summed E-state index contributed by atoms with van der Waals surface area (Å²) in [5.41, 5.74) is 1.69. The van der Waals surface area contributed by atoms with Gasteiger partial charge in [-0.15, -0.1) is 0 Å². The van der Waals surface area contributed by atoms with Gasteiger partial charge in [-0.2, -0.15) is 5.10 Å². The summed E-state index contributed by atoms with van der Waals surface area (Å²) in [6.07, 6.45) is 2.27. The van der Waals surface area contributed by atoms with Crippen molar-refractivity contribution in [1.29, 1.82) is 0 Å². The summed E-state index contributed by atoms with van der Waals surface area (Å²) in [7, 11) is 0. The second kappa shape index (κ2) is 7.91. The summed E-state index contributed by atoms with van der Waals surface area (Å²) >= 11 is 6.32. The molecule has 2 aromatic rings. The highest BCUT2D eigenvalue weighted by Gasteiger charge is 2.29. The predicted octanol–water partition coefficient (Wildman–Crippen LogP) is 2.96. The normalized spacial score (nSPS) is 14.7. The van der Waals surface area contributed by atoms with Crippen molar-refractivity contribution in [1.82, 2.24) is 15.1 Å². The van der Waals surface area contributed by atoms with Crippen LogP contribution in [0.4, 0.5) is 0 Å². The number of ether oxygens (including phenoxy) is 1. The van der Waals surface area contributed by atoms with Crippen LogP contribution in [0, 0.1) is 12.8 Å². The maximum Gasteiger partial charge on any atom is 0.343 e. The Morgan fingerprint density at radius 1 is 1.35 bits per heavy atom. The van der Waals surface area contributed by atoms with Gasteiger partial charge < -0.3 is 10.1 Å². The van der Waals surface area contributed by atoms with Crippen LogP contribution in [-0.2, 0) is 16.1 Å². The molecule has 1 aliphatic rings. The molecule has 0 spiro atoms. The molecule has 1 N–H and O–H groups in total. The van der Waals surface area contributed by atoms with Crippen LogP contribution in [0.2, 0.25) is 5.15 Å². The first kappa shape index (κ1) is 18.5. The van der Waals surface area contributed by atoms with Crippen LogP contribution in [0.3, 0.4) is 0 Å². The van der Waals surface area contributed by atoms with Gasteiger partial charge in [0, 0.05) is 6.04 Å². The fraction of sp³-hybridized carbons (Fsp3) is 0.421. The number of aryl methyl sites for hydroxylation is 1. The van der Waals surface area contributed by atoms with Gasteiger partial charge in [0.05, 0.1) is 12.2 Å². The second-order valence-electron chi connectivity index (χ2n) is 6.66. The topological polar surface area (TPSA) is 73.2 Å². The number of carbonyl (C=O) groups excluding carboxylic acids is 2. The Morgan fingerprint density at radius 2 is 2.04 bits per heavy atom. The molecule has 1 aromatic heterocycles. The number of hydrogen-bond donors (Lipinski definition) is 1. The van der Waals surface area contributed by atoms with Crippen molar-refractivity contribution >= 4 is 23.5 Å². The van der Waals surface area contributed by atoms with Crippen molar-refractivity contribution in [2.24, 2.45) is 5.92 Å². The van der Waals surface area contributed by atoms with Gasteiger partial charge in [-0.05, 0) is 38.2 Å². The van der Waals surface area contributed by atoms with Gasteiger partial charge in [0.2, 0.25) is 0 Å². The van der Waals surface area contributed by atoms with E-state index >= 15 is 0 Å². The Morgan fingerprint density at radius 3 is 2.69 bits per heavy atom. The Hall–Kier alpha value is -2.34. The molecule has 3 rings (SSSR count). The van der Waals surface area contributed by atoms with E-state index in [4.69, 9.17) is 16.3 Å². The maximum absolute atomic E-state index is 12.3. The average molecular weight is 376 g/mol. The molecular formula is C19H22ClN3O3. The van der Waals surface area contributed by atoms with E-state index in [1.54, 1.807) is 11.6 Å². The van der Waals surface area contributed by atoms with Crippen molar-refractivity contribution < 1.29 is 14.3 Å². The van der Waals surface area contributed by atoms with Gasteiger partial charge in [-0.25, -0.2) is 9.48 Å². The van der Waals surface area contributed by atoms with E-state index in [0.717, 1.165) is 18.4 Å². The third kappa shape index (κ3) is 4.43. The number of amides is 1. The number of benzene rings is 1. The average Bonchev–Trinajstić information content (AvgIpc) is 3.41. The Labute approximate surface area is 157 Å². The molecule has 26 heavy (non-hydrogen) atoms. The first-order chi connectivity index (χ1) is 12.5. The monoisotopic (exact) mass is 375 g/mol. The van der Waals surface area contributed by atoms with E-state index in [0.29, 0.717) is 18.2 Å². The third-order valence-corrected chi connectivity index (χ3v) is 4.88. The van der Waals surface area contributed by atoms with Crippen LogP contribution in [0.5, 0.6) is 0 Å². The predicted molar refractivity (Wildman–Crippen MR) is 98.1 cm³/mol. The molecule has 1 amide bonds. The van der Waals surface area contributed by atoms with E-state index in [-0.39, 0.29) is 29.3 Å². The van der Waals surface area contributed by atoms with E-state index in [2.05, 4.69) is 10.4 Å². The van der Waals surface area contributed by atoms with Gasteiger partial charge in [0.1, 0.15) is 10.7 Å². The number of rotatable bonds is 7. The van der Waals surface area contributed by atoms with Crippen molar-refractivity contribution in [3.63, 3.8) is 0 Å². The molecule has 7 heteroatoms. The number of nitrogens with zero attached hydrogens (tertiary/aromatic N) is 2. The molecule has 6 nitrogen and oxygen atoms in total. The minimum Gasteiger partial charge on any atom is -0.452 e. The van der Waals surface area contributed by atoms with Crippen LogP contribution in [-0.4, -0.2) is 34.3 Å². The Kier molecular flexibility index (Phi) is 5.61. The molecule has 0 aliphatic heterocycles. The molecule has 0 bridgehead atoms. The smallest absolute Gasteiger partial charge is 0.343 e. The summed E-state index contributed by atoms with van der Waals surface area (Å²) in [4.78, 5) is 24.2. The molecular weight excluding hydrogens is 354 g/mol. The van der Waals surface area contributed by atoms with Crippen molar-refractivity contribution in [2.45, 2.75) is 39.3 Å². The molecule has 1 fully saturated rings. The highest BCUT2D eigenvalue weighted by atomic mass is 35.5. The lowest BCUT2D eigenvalue weighted by atomic mass is 10.2. The van der Waals surface area contributed by atoms with Gasteiger partial charge in [0.25, 0.3) is 5.91 Å². The van der Waals surface area contributed by atoms with Crippen LogP contribution in [0.15, 0.2) is 30.3 Å². The molecule has 1 aliphatic carbocycles. The molecule has 1 aromatic carbocycles. The molecule has 0 saturated heterocycles. The van der Waals surface area contributed by atoms with Gasteiger partial charge in [-0.3, -0.25) is 4.79 Å². The van der Waals surface area contributed by atoms with Gasteiger partial charge in [0.15, 0.2) is 6.61 Å². The van der Waals surface area contributed by atoms with Crippen LogP contribution >= 0.6 is 11.6 Å². The Bertz CT molecular complexity index is 800. The highest BCUT2D eigenvalue weighted by Crippen LogP contribution is 2.32. The second-order valence-corrected chi connectivity index (χ2v) is 7.02. The van der Waals surface area contributed by atoms with E-state index in [1.807, 2.05) is 37.3 Å². The fourth-order valence-electron chi connectivity index (χ4n) is 2.86. The summed E-state index contributed by atoms with van der Waals surface area (Å²) in [5.74, 6) is -0.396. The van der Waals surface area contributed by atoms with E-state index in [9.17, 15) is 9.59 Å². The first-order valence-corrected chi connectivity index (χ1v) is 9.07. The van der Waals surface area contributed by atoms with Crippen LogP contribution in [0.25, 0.3) is 0 Å². The molecule has 1 saturated carbocycles. The SMILES string of the molecule is Cc1nn(Cc2ccccc2)c(Cl)c1C(=O)OCC(=O)N[C@@H](C)C1CC1. The van der Waals surface area contributed by atoms with Crippen LogP contribution < -0.4 is 5.32 Å². The first-order valence-electron chi connectivity index (χ1n) is 8.69. The molecule has 0 unspecified atom stereocenters. The van der Waals surface area contributed by atoms with Crippen molar-refractivity contribution in [2.75, 3.05) is 6.61 Å². The minimum absolute atomic E-state index is 0.111. The van der Waals surface area contributed by atoms with E-state index in [1.165, 1.54) is 0 Å². The van der Waals surface area contributed by atoms with Crippen LogP contribution in [0.1, 0.15) is 41.4 Å². The highest BCUT2D eigenvalue weighted by molar-refractivity contribution is 6.32. The summed E-state index contributed by atoms with van der Waals surface area (Å²) in [5, 5.41) is 7.37. The zero-order chi connectivity index (χ0) is 18.7. The van der Waals surface area contributed by atoms with Crippen molar-refractivity contribution in [3.8, 4) is 0 Å². The maximum atomic E-state index is 12.3.